The van der Waals surface area contributed by atoms with Gasteiger partial charge in [0.25, 0.3) is 5.88 Å². The molecule has 1 aromatic rings. The molecule has 21 heavy (non-hydrogen) atoms. The molecule has 3 aliphatic rings. The van der Waals surface area contributed by atoms with E-state index in [0.29, 0.717) is 43.0 Å². The van der Waals surface area contributed by atoms with E-state index >= 15 is 0 Å². The second-order valence-electron chi connectivity index (χ2n) is 5.48. The highest BCUT2D eigenvalue weighted by Crippen LogP contribution is 2.34. The molecular weight excluding hydrogens is 274 g/mol. The van der Waals surface area contributed by atoms with Crippen LogP contribution in [0, 0.1) is 5.92 Å². The SMILES string of the molecule is O=C1O[C@H]2CNCC[C@@H]2CN1c1cnc2c(c1)OCCO2. The zero-order chi connectivity index (χ0) is 14.2. The van der Waals surface area contributed by atoms with Gasteiger partial charge in [0.15, 0.2) is 5.75 Å². The molecule has 0 aromatic carbocycles. The Morgan fingerprint density at radius 2 is 2.24 bits per heavy atom. The molecule has 1 N–H and O–H groups in total. The number of carbonyl (C=O) groups excluding carboxylic acids is 1. The molecule has 2 saturated heterocycles. The van der Waals surface area contributed by atoms with Gasteiger partial charge in [0.1, 0.15) is 19.3 Å². The van der Waals surface area contributed by atoms with E-state index in [0.717, 1.165) is 19.5 Å². The minimum Gasteiger partial charge on any atom is -0.484 e. The highest BCUT2D eigenvalue weighted by atomic mass is 16.6. The molecule has 0 spiro atoms. The zero-order valence-electron chi connectivity index (χ0n) is 11.6. The molecule has 2 atom stereocenters. The fourth-order valence-corrected chi connectivity index (χ4v) is 3.02. The summed E-state index contributed by atoms with van der Waals surface area (Å²) in [6, 6.07) is 1.80. The van der Waals surface area contributed by atoms with E-state index < -0.39 is 0 Å². The Kier molecular flexibility index (Phi) is 3.07. The number of ether oxygens (including phenoxy) is 3. The van der Waals surface area contributed by atoms with Gasteiger partial charge in [-0.2, -0.15) is 0 Å². The van der Waals surface area contributed by atoms with Gasteiger partial charge >= 0.3 is 6.09 Å². The first-order valence-corrected chi connectivity index (χ1v) is 7.26. The summed E-state index contributed by atoms with van der Waals surface area (Å²) in [5.74, 6) is 1.42. The van der Waals surface area contributed by atoms with Gasteiger partial charge in [-0.15, -0.1) is 0 Å². The van der Waals surface area contributed by atoms with Crippen molar-refractivity contribution < 1.29 is 19.0 Å². The summed E-state index contributed by atoms with van der Waals surface area (Å²) in [6.07, 6.45) is 2.30. The lowest BCUT2D eigenvalue weighted by atomic mass is 9.93. The average molecular weight is 291 g/mol. The van der Waals surface area contributed by atoms with Crippen LogP contribution in [0.5, 0.6) is 11.6 Å². The number of nitrogens with one attached hydrogen (secondary N) is 1. The Morgan fingerprint density at radius 1 is 1.33 bits per heavy atom. The number of rotatable bonds is 1. The summed E-state index contributed by atoms with van der Waals surface area (Å²) in [5.41, 5.74) is 0.696. The molecule has 3 aliphatic heterocycles. The number of piperidine rings is 1. The van der Waals surface area contributed by atoms with E-state index in [1.165, 1.54) is 0 Å². The second kappa shape index (κ2) is 5.07. The molecule has 0 radical (unpaired) electrons. The van der Waals surface area contributed by atoms with Crippen molar-refractivity contribution in [2.75, 3.05) is 37.7 Å². The van der Waals surface area contributed by atoms with Crippen molar-refractivity contribution in [3.05, 3.63) is 12.3 Å². The first-order chi connectivity index (χ1) is 10.3. The van der Waals surface area contributed by atoms with Crippen LogP contribution in [-0.2, 0) is 4.74 Å². The maximum absolute atomic E-state index is 12.2. The van der Waals surface area contributed by atoms with E-state index in [1.807, 2.05) is 0 Å². The standard InChI is InChI=1S/C14H17N3O4/c18-14-17(8-9-1-2-15-7-12(9)21-14)10-5-11-13(16-6-10)20-4-3-19-11/h5-6,9,12,15H,1-4,7-8H2/t9-,12+/m1/s1. The number of hydrogen-bond acceptors (Lipinski definition) is 6. The molecule has 0 unspecified atom stereocenters. The Morgan fingerprint density at radius 3 is 3.19 bits per heavy atom. The van der Waals surface area contributed by atoms with Gasteiger partial charge < -0.3 is 19.5 Å². The molecule has 0 bridgehead atoms. The maximum atomic E-state index is 12.2. The minimum absolute atomic E-state index is 0.0207. The third-order valence-corrected chi connectivity index (χ3v) is 4.15. The van der Waals surface area contributed by atoms with Crippen LogP contribution < -0.4 is 19.7 Å². The molecule has 7 nitrogen and oxygen atoms in total. The molecule has 7 heteroatoms. The Labute approximate surface area is 122 Å². The first-order valence-electron chi connectivity index (χ1n) is 7.26. The second-order valence-corrected chi connectivity index (χ2v) is 5.48. The number of pyridine rings is 1. The van der Waals surface area contributed by atoms with Gasteiger partial charge in [-0.05, 0) is 13.0 Å². The maximum Gasteiger partial charge on any atom is 0.414 e. The van der Waals surface area contributed by atoms with E-state index in [4.69, 9.17) is 14.2 Å². The predicted molar refractivity (Wildman–Crippen MR) is 73.8 cm³/mol. The predicted octanol–water partition coefficient (Wildman–Crippen LogP) is 0.787. The zero-order valence-corrected chi connectivity index (χ0v) is 11.6. The van der Waals surface area contributed by atoms with Crippen LogP contribution in [0.3, 0.4) is 0 Å². The van der Waals surface area contributed by atoms with Crippen LogP contribution >= 0.6 is 0 Å². The van der Waals surface area contributed by atoms with Crippen LogP contribution in [-0.4, -0.2) is 50.0 Å². The molecule has 112 valence electrons. The lowest BCUT2D eigenvalue weighted by molar-refractivity contribution is 0.0329. The van der Waals surface area contributed by atoms with Gasteiger partial charge in [-0.25, -0.2) is 9.78 Å². The smallest absolute Gasteiger partial charge is 0.414 e. The van der Waals surface area contributed by atoms with Gasteiger partial charge in [-0.1, -0.05) is 0 Å². The Balaban J connectivity index is 1.59. The molecule has 0 aliphatic carbocycles. The van der Waals surface area contributed by atoms with Crippen molar-refractivity contribution >= 4 is 11.8 Å². The molecule has 1 aromatic heterocycles. The Bertz CT molecular complexity index is 565. The minimum atomic E-state index is -0.321. The van der Waals surface area contributed by atoms with Crippen LogP contribution in [0.25, 0.3) is 0 Å². The Hall–Kier alpha value is -2.02. The fourth-order valence-electron chi connectivity index (χ4n) is 3.02. The topological polar surface area (TPSA) is 72.9 Å². The van der Waals surface area contributed by atoms with Crippen LogP contribution in [0.4, 0.5) is 10.5 Å². The first kappa shape index (κ1) is 12.7. The summed E-state index contributed by atoms with van der Waals surface area (Å²) in [7, 11) is 0. The molecular formula is C14H17N3O4. The van der Waals surface area contributed by atoms with Crippen molar-refractivity contribution in [2.24, 2.45) is 5.92 Å². The van der Waals surface area contributed by atoms with Crippen molar-refractivity contribution in [3.8, 4) is 11.6 Å². The quantitative estimate of drug-likeness (QED) is 0.824. The summed E-state index contributed by atoms with van der Waals surface area (Å²) in [4.78, 5) is 18.1. The van der Waals surface area contributed by atoms with Crippen LogP contribution in [0.2, 0.25) is 0 Å². The largest absolute Gasteiger partial charge is 0.484 e. The molecule has 4 rings (SSSR count). The lowest BCUT2D eigenvalue weighted by Crippen LogP contribution is -2.54. The number of fused-ring (bicyclic) bond motifs is 2. The summed E-state index contributed by atoms with van der Waals surface area (Å²) >= 11 is 0. The number of carbonyl (C=O) groups is 1. The van der Waals surface area contributed by atoms with Gasteiger partial charge in [0.05, 0.1) is 11.9 Å². The summed E-state index contributed by atoms with van der Waals surface area (Å²) in [5, 5.41) is 3.26. The van der Waals surface area contributed by atoms with E-state index in [9.17, 15) is 4.79 Å². The normalized spacial score (nSPS) is 27.8. The number of nitrogens with zero attached hydrogens (tertiary/aromatic N) is 2. The van der Waals surface area contributed by atoms with Crippen molar-refractivity contribution in [2.45, 2.75) is 12.5 Å². The summed E-state index contributed by atoms with van der Waals surface area (Å²) in [6.45, 7) is 3.36. The highest BCUT2D eigenvalue weighted by Gasteiger charge is 2.38. The lowest BCUT2D eigenvalue weighted by Gasteiger charge is -2.40. The highest BCUT2D eigenvalue weighted by molar-refractivity contribution is 5.88. The molecule has 2 fully saturated rings. The van der Waals surface area contributed by atoms with E-state index in [2.05, 4.69) is 10.3 Å². The molecule has 1 amide bonds. The molecule has 0 saturated carbocycles. The third kappa shape index (κ3) is 2.27. The van der Waals surface area contributed by atoms with Gasteiger partial charge in [0.2, 0.25) is 0 Å². The number of amides is 1. The molecule has 4 heterocycles. The number of hydrogen-bond donors (Lipinski definition) is 1. The van der Waals surface area contributed by atoms with E-state index in [1.54, 1.807) is 17.2 Å². The number of anilines is 1. The van der Waals surface area contributed by atoms with Gasteiger partial charge in [-0.3, -0.25) is 4.90 Å². The van der Waals surface area contributed by atoms with Crippen LogP contribution in [0.1, 0.15) is 6.42 Å². The van der Waals surface area contributed by atoms with Crippen LogP contribution in [0.15, 0.2) is 12.3 Å². The van der Waals surface area contributed by atoms with Crippen molar-refractivity contribution in [1.29, 1.82) is 0 Å². The van der Waals surface area contributed by atoms with Crippen molar-refractivity contribution in [1.82, 2.24) is 10.3 Å². The summed E-state index contributed by atoms with van der Waals surface area (Å²) < 4.78 is 16.4. The van der Waals surface area contributed by atoms with E-state index in [-0.39, 0.29) is 12.2 Å². The number of aromatic nitrogens is 1. The van der Waals surface area contributed by atoms with Crippen molar-refractivity contribution in [3.63, 3.8) is 0 Å². The third-order valence-electron chi connectivity index (χ3n) is 4.15. The van der Waals surface area contributed by atoms with Gasteiger partial charge in [0, 0.05) is 25.1 Å². The monoisotopic (exact) mass is 291 g/mol. The fraction of sp³-hybridized carbons (Fsp3) is 0.571. The average Bonchev–Trinajstić information content (AvgIpc) is 2.54.